The fourth-order valence-electron chi connectivity index (χ4n) is 3.27. The number of piperidine rings is 1. The lowest BCUT2D eigenvalue weighted by Crippen LogP contribution is -2.62. The third-order valence-electron chi connectivity index (χ3n) is 4.26. The minimum Gasteiger partial charge on any atom is -0.465 e. The number of rotatable bonds is 2. The number of hydrogen-bond donors (Lipinski definition) is 1. The number of carbonyl (C=O) groups excluding carboxylic acids is 1. The van der Waals surface area contributed by atoms with E-state index in [-0.39, 0.29) is 5.97 Å². The average Bonchev–Trinajstić information content (AvgIpc) is 2.45. The van der Waals surface area contributed by atoms with Crippen LogP contribution in [-0.2, 0) is 4.74 Å². The fourth-order valence-corrected chi connectivity index (χ4v) is 3.27. The first kappa shape index (κ1) is 12.5. The van der Waals surface area contributed by atoms with Crippen molar-refractivity contribution in [2.45, 2.75) is 12.8 Å². The van der Waals surface area contributed by atoms with Gasteiger partial charge in [-0.2, -0.15) is 0 Å². The summed E-state index contributed by atoms with van der Waals surface area (Å²) >= 11 is 0. The Labute approximate surface area is 113 Å². The Bertz CT molecular complexity index is 473. The quantitative estimate of drug-likeness (QED) is 0.821. The molecule has 4 nitrogen and oxygen atoms in total. The van der Waals surface area contributed by atoms with Gasteiger partial charge in [0.1, 0.15) is 0 Å². The van der Waals surface area contributed by atoms with Crippen molar-refractivity contribution in [3.63, 3.8) is 0 Å². The molecule has 3 rings (SSSR count). The van der Waals surface area contributed by atoms with Crippen molar-refractivity contribution in [3.8, 4) is 0 Å². The van der Waals surface area contributed by atoms with Gasteiger partial charge in [0.05, 0.1) is 18.4 Å². The summed E-state index contributed by atoms with van der Waals surface area (Å²) in [5.41, 5.74) is 2.09. The highest BCUT2D eigenvalue weighted by atomic mass is 16.5. The van der Waals surface area contributed by atoms with Crippen molar-refractivity contribution in [2.75, 3.05) is 38.2 Å². The molecule has 0 atom stereocenters. The van der Waals surface area contributed by atoms with Gasteiger partial charge < -0.3 is 15.0 Å². The minimum atomic E-state index is -0.252. The van der Waals surface area contributed by atoms with Crippen molar-refractivity contribution in [3.05, 3.63) is 29.8 Å². The summed E-state index contributed by atoms with van der Waals surface area (Å²) in [6.07, 6.45) is 2.55. The molecule has 1 spiro atoms. The van der Waals surface area contributed by atoms with Crippen molar-refractivity contribution >= 4 is 11.7 Å². The summed E-state index contributed by atoms with van der Waals surface area (Å²) in [6, 6.07) is 7.71. The van der Waals surface area contributed by atoms with Crippen LogP contribution in [0.15, 0.2) is 24.3 Å². The van der Waals surface area contributed by atoms with Gasteiger partial charge in [0.15, 0.2) is 0 Å². The highest BCUT2D eigenvalue weighted by Crippen LogP contribution is 2.40. The van der Waals surface area contributed by atoms with Crippen LogP contribution in [0.25, 0.3) is 0 Å². The first-order valence-corrected chi connectivity index (χ1v) is 6.87. The zero-order valence-electron chi connectivity index (χ0n) is 11.3. The van der Waals surface area contributed by atoms with Crippen LogP contribution in [0.4, 0.5) is 5.69 Å². The van der Waals surface area contributed by atoms with Crippen LogP contribution < -0.4 is 10.2 Å². The summed E-state index contributed by atoms with van der Waals surface area (Å²) in [5, 5.41) is 3.48. The smallest absolute Gasteiger partial charge is 0.339 e. The van der Waals surface area contributed by atoms with E-state index in [4.69, 9.17) is 4.74 Å². The third kappa shape index (κ3) is 2.21. The van der Waals surface area contributed by atoms with E-state index >= 15 is 0 Å². The summed E-state index contributed by atoms with van der Waals surface area (Å²) in [4.78, 5) is 14.1. The van der Waals surface area contributed by atoms with E-state index in [0.29, 0.717) is 11.0 Å². The van der Waals surface area contributed by atoms with E-state index in [0.717, 1.165) is 31.9 Å². The van der Waals surface area contributed by atoms with Gasteiger partial charge in [0, 0.05) is 25.0 Å². The standard InChI is InChI=1S/C15H20N2O2/c1-19-14(18)12-5-2-3-6-13(12)17-10-15(11-17)7-4-8-16-9-15/h2-3,5-6,16H,4,7-11H2,1H3. The molecule has 1 aromatic rings. The molecule has 2 fully saturated rings. The lowest BCUT2D eigenvalue weighted by Gasteiger charge is -2.53. The van der Waals surface area contributed by atoms with Gasteiger partial charge in [0.25, 0.3) is 0 Å². The van der Waals surface area contributed by atoms with Crippen molar-refractivity contribution in [2.24, 2.45) is 5.41 Å². The summed E-state index contributed by atoms with van der Waals surface area (Å²) in [5.74, 6) is -0.252. The van der Waals surface area contributed by atoms with Gasteiger partial charge in [-0.05, 0) is 31.5 Å². The van der Waals surface area contributed by atoms with E-state index < -0.39 is 0 Å². The Morgan fingerprint density at radius 3 is 2.84 bits per heavy atom. The van der Waals surface area contributed by atoms with Crippen molar-refractivity contribution in [1.29, 1.82) is 0 Å². The molecule has 0 aliphatic carbocycles. The zero-order chi connectivity index (χ0) is 13.3. The number of para-hydroxylation sites is 1. The van der Waals surface area contributed by atoms with Gasteiger partial charge in [0.2, 0.25) is 0 Å². The lowest BCUT2D eigenvalue weighted by molar-refractivity contribution is 0.0600. The van der Waals surface area contributed by atoms with E-state index in [9.17, 15) is 4.79 Å². The number of nitrogens with zero attached hydrogens (tertiary/aromatic N) is 1. The molecule has 102 valence electrons. The number of benzene rings is 1. The van der Waals surface area contributed by atoms with Crippen LogP contribution in [0.1, 0.15) is 23.2 Å². The number of nitrogens with one attached hydrogen (secondary N) is 1. The maximum Gasteiger partial charge on any atom is 0.339 e. The van der Waals surface area contributed by atoms with Crippen LogP contribution in [0.3, 0.4) is 0 Å². The topological polar surface area (TPSA) is 41.6 Å². The molecule has 2 heterocycles. The molecule has 1 aromatic carbocycles. The zero-order valence-corrected chi connectivity index (χ0v) is 11.3. The first-order chi connectivity index (χ1) is 9.24. The maximum absolute atomic E-state index is 11.8. The Kier molecular flexibility index (Phi) is 3.19. The molecule has 0 unspecified atom stereocenters. The molecule has 0 amide bonds. The second-order valence-electron chi connectivity index (χ2n) is 5.65. The molecule has 2 aliphatic rings. The Morgan fingerprint density at radius 1 is 1.37 bits per heavy atom. The number of esters is 1. The number of methoxy groups -OCH3 is 1. The van der Waals surface area contributed by atoms with E-state index in [1.54, 1.807) is 0 Å². The van der Waals surface area contributed by atoms with E-state index in [2.05, 4.69) is 10.2 Å². The van der Waals surface area contributed by atoms with E-state index in [1.807, 2.05) is 24.3 Å². The average molecular weight is 260 g/mol. The van der Waals surface area contributed by atoms with Gasteiger partial charge in [-0.15, -0.1) is 0 Å². The molecule has 0 radical (unpaired) electrons. The third-order valence-corrected chi connectivity index (χ3v) is 4.26. The minimum absolute atomic E-state index is 0.252. The molecule has 4 heteroatoms. The van der Waals surface area contributed by atoms with E-state index in [1.165, 1.54) is 20.0 Å². The maximum atomic E-state index is 11.8. The van der Waals surface area contributed by atoms with Crippen LogP contribution in [0.5, 0.6) is 0 Å². The van der Waals surface area contributed by atoms with Gasteiger partial charge in [-0.3, -0.25) is 0 Å². The predicted octanol–water partition coefficient (Wildman–Crippen LogP) is 1.66. The molecule has 2 aliphatic heterocycles. The van der Waals surface area contributed by atoms with Crippen LogP contribution in [0.2, 0.25) is 0 Å². The Balaban J connectivity index is 1.76. The van der Waals surface area contributed by atoms with Gasteiger partial charge >= 0.3 is 5.97 Å². The molecular weight excluding hydrogens is 240 g/mol. The predicted molar refractivity (Wildman–Crippen MR) is 74.5 cm³/mol. The highest BCUT2D eigenvalue weighted by molar-refractivity contribution is 5.96. The van der Waals surface area contributed by atoms with Crippen molar-refractivity contribution < 1.29 is 9.53 Å². The molecule has 19 heavy (non-hydrogen) atoms. The SMILES string of the molecule is COC(=O)c1ccccc1N1CC2(CCCNC2)C1. The number of anilines is 1. The van der Waals surface area contributed by atoms with Crippen LogP contribution >= 0.6 is 0 Å². The van der Waals surface area contributed by atoms with Crippen LogP contribution in [-0.4, -0.2) is 39.3 Å². The van der Waals surface area contributed by atoms with Gasteiger partial charge in [-0.25, -0.2) is 4.79 Å². The van der Waals surface area contributed by atoms with Crippen molar-refractivity contribution in [1.82, 2.24) is 5.32 Å². The number of hydrogen-bond acceptors (Lipinski definition) is 4. The first-order valence-electron chi connectivity index (χ1n) is 6.87. The number of ether oxygens (including phenoxy) is 1. The molecule has 1 N–H and O–H groups in total. The highest BCUT2D eigenvalue weighted by Gasteiger charge is 2.44. The second kappa shape index (κ2) is 4.85. The lowest BCUT2D eigenvalue weighted by atomic mass is 9.73. The summed E-state index contributed by atoms with van der Waals surface area (Å²) in [7, 11) is 1.43. The monoisotopic (exact) mass is 260 g/mol. The Hall–Kier alpha value is -1.55. The number of carbonyl (C=O) groups is 1. The largest absolute Gasteiger partial charge is 0.465 e. The molecule has 2 saturated heterocycles. The molecule has 0 bridgehead atoms. The normalized spacial score (nSPS) is 21.0. The second-order valence-corrected chi connectivity index (χ2v) is 5.65. The Morgan fingerprint density at radius 2 is 2.16 bits per heavy atom. The molecular formula is C15H20N2O2. The van der Waals surface area contributed by atoms with Gasteiger partial charge in [-0.1, -0.05) is 12.1 Å². The summed E-state index contributed by atoms with van der Waals surface area (Å²) in [6.45, 7) is 4.31. The molecule has 0 saturated carbocycles. The van der Waals surface area contributed by atoms with Crippen LogP contribution in [0, 0.1) is 5.41 Å². The summed E-state index contributed by atoms with van der Waals surface area (Å²) < 4.78 is 4.85. The fraction of sp³-hybridized carbons (Fsp3) is 0.533. The molecule has 0 aromatic heterocycles.